The van der Waals surface area contributed by atoms with Gasteiger partial charge >= 0.3 is 0 Å². The summed E-state index contributed by atoms with van der Waals surface area (Å²) in [6, 6.07) is 2.70. The lowest BCUT2D eigenvalue weighted by Crippen LogP contribution is -1.93. The van der Waals surface area contributed by atoms with Gasteiger partial charge in [0.15, 0.2) is 6.29 Å². The summed E-state index contributed by atoms with van der Waals surface area (Å²) < 4.78 is 5.11. The van der Waals surface area contributed by atoms with E-state index in [-0.39, 0.29) is 11.3 Å². The number of phenols is 1. The Morgan fingerprint density at radius 3 is 2.85 bits per heavy atom. The summed E-state index contributed by atoms with van der Waals surface area (Å²) in [7, 11) is 0. The van der Waals surface area contributed by atoms with Crippen LogP contribution in [0.3, 0.4) is 0 Å². The first-order chi connectivity index (χ1) is 6.19. The van der Waals surface area contributed by atoms with Crippen LogP contribution < -0.4 is 4.74 Å². The molecule has 0 aliphatic heterocycles. The van der Waals surface area contributed by atoms with Crippen LogP contribution in [0.25, 0.3) is 0 Å². The van der Waals surface area contributed by atoms with Crippen molar-refractivity contribution in [3.8, 4) is 11.5 Å². The number of carbonyl (C=O) groups is 1. The minimum atomic E-state index is -0.122. The molecule has 0 amide bonds. The van der Waals surface area contributed by atoms with Crippen molar-refractivity contribution in [1.82, 2.24) is 0 Å². The minimum absolute atomic E-state index is 0.122. The Morgan fingerprint density at radius 1 is 1.62 bits per heavy atom. The van der Waals surface area contributed by atoms with Crippen molar-refractivity contribution in [2.75, 3.05) is 6.61 Å². The van der Waals surface area contributed by atoms with Crippen LogP contribution in [0.4, 0.5) is 0 Å². The highest BCUT2D eigenvalue weighted by Gasteiger charge is 2.07. The Bertz CT molecular complexity index is 323. The molecule has 70 valence electrons. The van der Waals surface area contributed by atoms with E-state index in [1.54, 1.807) is 6.92 Å². The molecule has 4 heteroatoms. The summed E-state index contributed by atoms with van der Waals surface area (Å²) in [4.78, 5) is 10.4. The van der Waals surface area contributed by atoms with Gasteiger partial charge in [-0.05, 0) is 13.0 Å². The third-order valence-electron chi connectivity index (χ3n) is 1.51. The number of hydrogen-bond acceptors (Lipinski definition) is 3. The minimum Gasteiger partial charge on any atom is -0.507 e. The van der Waals surface area contributed by atoms with E-state index in [4.69, 9.17) is 16.3 Å². The van der Waals surface area contributed by atoms with Crippen LogP contribution in [-0.2, 0) is 0 Å². The maximum Gasteiger partial charge on any atom is 0.153 e. The van der Waals surface area contributed by atoms with Gasteiger partial charge in [0.05, 0.1) is 17.2 Å². The fourth-order valence-corrected chi connectivity index (χ4v) is 1.15. The second-order valence-corrected chi connectivity index (χ2v) is 2.80. The largest absolute Gasteiger partial charge is 0.507 e. The first kappa shape index (κ1) is 9.86. The molecule has 0 heterocycles. The van der Waals surface area contributed by atoms with E-state index < -0.39 is 0 Å². The highest BCUT2D eigenvalue weighted by Crippen LogP contribution is 2.31. The van der Waals surface area contributed by atoms with Crippen molar-refractivity contribution >= 4 is 17.9 Å². The zero-order valence-electron chi connectivity index (χ0n) is 7.08. The normalized spacial score (nSPS) is 9.69. The number of carbonyl (C=O) groups excluding carboxylic acids is 1. The van der Waals surface area contributed by atoms with Crippen LogP contribution in [-0.4, -0.2) is 18.0 Å². The molecule has 0 spiro atoms. The van der Waals surface area contributed by atoms with E-state index in [0.29, 0.717) is 23.7 Å². The molecule has 0 saturated heterocycles. The molecule has 0 bridgehead atoms. The third kappa shape index (κ3) is 2.12. The molecule has 13 heavy (non-hydrogen) atoms. The van der Waals surface area contributed by atoms with E-state index in [9.17, 15) is 9.90 Å². The van der Waals surface area contributed by atoms with Gasteiger partial charge in [0.1, 0.15) is 11.5 Å². The molecule has 0 fully saturated rings. The van der Waals surface area contributed by atoms with E-state index in [1.165, 1.54) is 12.1 Å². The smallest absolute Gasteiger partial charge is 0.153 e. The van der Waals surface area contributed by atoms with Gasteiger partial charge in [-0.3, -0.25) is 4.79 Å². The number of ether oxygens (including phenoxy) is 1. The number of rotatable bonds is 3. The molecule has 0 aliphatic carbocycles. The van der Waals surface area contributed by atoms with Crippen LogP contribution in [0, 0.1) is 0 Å². The van der Waals surface area contributed by atoms with Crippen molar-refractivity contribution in [1.29, 1.82) is 0 Å². The Labute approximate surface area is 80.9 Å². The molecule has 0 aliphatic rings. The molecule has 1 aromatic carbocycles. The second kappa shape index (κ2) is 4.14. The standard InChI is InChI=1S/C9H9ClO3/c1-2-13-9-4-8(12)6(5-11)3-7(9)10/h3-5,12H,2H2,1H3. The lowest BCUT2D eigenvalue weighted by atomic mass is 10.2. The molecule has 1 aromatic rings. The third-order valence-corrected chi connectivity index (χ3v) is 1.80. The fraction of sp³-hybridized carbons (Fsp3) is 0.222. The summed E-state index contributed by atoms with van der Waals surface area (Å²) in [5, 5.41) is 9.59. The molecule has 0 aromatic heterocycles. The van der Waals surface area contributed by atoms with E-state index in [1.807, 2.05) is 0 Å². The lowest BCUT2D eigenvalue weighted by Gasteiger charge is -2.06. The van der Waals surface area contributed by atoms with E-state index >= 15 is 0 Å². The van der Waals surface area contributed by atoms with Crippen LogP contribution in [0.2, 0.25) is 5.02 Å². The first-order valence-electron chi connectivity index (χ1n) is 3.79. The number of aldehydes is 1. The molecule has 0 radical (unpaired) electrons. The van der Waals surface area contributed by atoms with Gasteiger partial charge in [-0.1, -0.05) is 11.6 Å². The molecular weight excluding hydrogens is 192 g/mol. The first-order valence-corrected chi connectivity index (χ1v) is 4.17. The average Bonchev–Trinajstić information content (AvgIpc) is 2.11. The second-order valence-electron chi connectivity index (χ2n) is 2.39. The van der Waals surface area contributed by atoms with Gasteiger partial charge in [-0.15, -0.1) is 0 Å². The monoisotopic (exact) mass is 200 g/mol. The van der Waals surface area contributed by atoms with Crippen molar-refractivity contribution in [2.24, 2.45) is 0 Å². The highest BCUT2D eigenvalue weighted by atomic mass is 35.5. The van der Waals surface area contributed by atoms with Crippen LogP contribution in [0.15, 0.2) is 12.1 Å². The molecule has 0 saturated carbocycles. The van der Waals surface area contributed by atoms with Crippen LogP contribution in [0.5, 0.6) is 11.5 Å². The number of benzene rings is 1. The Balaban J connectivity index is 3.12. The predicted molar refractivity (Wildman–Crippen MR) is 49.7 cm³/mol. The number of halogens is 1. The molecule has 3 nitrogen and oxygen atoms in total. The van der Waals surface area contributed by atoms with Gasteiger partial charge in [-0.25, -0.2) is 0 Å². The van der Waals surface area contributed by atoms with E-state index in [2.05, 4.69) is 0 Å². The summed E-state index contributed by atoms with van der Waals surface area (Å²) in [6.07, 6.45) is 0.539. The van der Waals surface area contributed by atoms with Gasteiger partial charge in [0.2, 0.25) is 0 Å². The molecule has 0 unspecified atom stereocenters. The SMILES string of the molecule is CCOc1cc(O)c(C=O)cc1Cl. The molecule has 0 atom stereocenters. The van der Waals surface area contributed by atoms with Gasteiger partial charge in [0.25, 0.3) is 0 Å². The van der Waals surface area contributed by atoms with Crippen molar-refractivity contribution in [3.05, 3.63) is 22.7 Å². The quantitative estimate of drug-likeness (QED) is 0.762. The zero-order chi connectivity index (χ0) is 9.84. The van der Waals surface area contributed by atoms with Gasteiger partial charge in [0, 0.05) is 6.07 Å². The summed E-state index contributed by atoms with van der Waals surface area (Å²) in [6.45, 7) is 2.26. The topological polar surface area (TPSA) is 46.5 Å². The summed E-state index contributed by atoms with van der Waals surface area (Å²) >= 11 is 5.76. The number of hydrogen-bond donors (Lipinski definition) is 1. The maximum absolute atomic E-state index is 10.4. The number of phenolic OH excluding ortho intramolecular Hbond substituents is 1. The van der Waals surface area contributed by atoms with Crippen molar-refractivity contribution < 1.29 is 14.6 Å². The Hall–Kier alpha value is -1.22. The van der Waals surface area contributed by atoms with E-state index in [0.717, 1.165) is 0 Å². The number of aromatic hydroxyl groups is 1. The molecular formula is C9H9ClO3. The summed E-state index contributed by atoms with van der Waals surface area (Å²) in [5.74, 6) is 0.259. The maximum atomic E-state index is 10.4. The zero-order valence-corrected chi connectivity index (χ0v) is 7.84. The van der Waals surface area contributed by atoms with Gasteiger partial charge < -0.3 is 9.84 Å². The molecule has 1 rings (SSSR count). The van der Waals surface area contributed by atoms with Crippen LogP contribution >= 0.6 is 11.6 Å². The van der Waals surface area contributed by atoms with Gasteiger partial charge in [-0.2, -0.15) is 0 Å². The van der Waals surface area contributed by atoms with Crippen molar-refractivity contribution in [3.63, 3.8) is 0 Å². The van der Waals surface area contributed by atoms with Crippen molar-refractivity contribution in [2.45, 2.75) is 6.92 Å². The predicted octanol–water partition coefficient (Wildman–Crippen LogP) is 2.26. The van der Waals surface area contributed by atoms with Crippen LogP contribution in [0.1, 0.15) is 17.3 Å². The summed E-state index contributed by atoms with van der Waals surface area (Å²) in [5.41, 5.74) is 0.161. The molecule has 1 N–H and O–H groups in total. The fourth-order valence-electron chi connectivity index (χ4n) is 0.919. The average molecular weight is 201 g/mol. The Kier molecular flexibility index (Phi) is 3.14. The highest BCUT2D eigenvalue weighted by molar-refractivity contribution is 6.32. The Morgan fingerprint density at radius 2 is 2.31 bits per heavy atom. The lowest BCUT2D eigenvalue weighted by molar-refractivity contribution is 0.112.